The number of hydrogen-bond donors (Lipinski definition) is 0. The zero-order valence-electron chi connectivity index (χ0n) is 20.6. The van der Waals surface area contributed by atoms with Crippen molar-refractivity contribution in [3.8, 4) is 0 Å². The van der Waals surface area contributed by atoms with Crippen LogP contribution in [-0.4, -0.2) is 73.2 Å². The predicted molar refractivity (Wildman–Crippen MR) is 122 cm³/mol. The van der Waals surface area contributed by atoms with Crippen molar-refractivity contribution in [2.75, 3.05) is 6.61 Å². The van der Waals surface area contributed by atoms with E-state index in [4.69, 9.17) is 37.9 Å². The molecule has 0 amide bonds. The van der Waals surface area contributed by atoms with Gasteiger partial charge in [-0.25, -0.2) is 0 Å². The van der Waals surface area contributed by atoms with E-state index in [1.807, 2.05) is 44.2 Å². The molecule has 9 nitrogen and oxygen atoms in total. The van der Waals surface area contributed by atoms with Crippen molar-refractivity contribution in [2.45, 2.75) is 101 Å². The number of ether oxygens (including phenoxy) is 8. The standard InChI is InChI=1S/C26H34O9/c1-6-12-26(29-14-16-10-8-7-9-11-16)18(31-23-21(26)33-25(4,5)35-23)15-28-19-17(13-27)30-22-20(19)32-24(2,3)34-22/h6-11,13,17-23H,1,12,14-15H2,2-5H3/t17-,18-,19+,20-,21+,22-,23-,26-/m1/s1. The minimum Gasteiger partial charge on any atom is -0.369 e. The lowest BCUT2D eigenvalue weighted by Crippen LogP contribution is -2.53. The SMILES string of the molecule is C=CC[C@@]1(OCc2ccccc2)[C@@H](CO[C@@H]2[C@H]3OC(C)(C)O[C@H]3O[C@@H]2C=O)O[C@@H]2OC(C)(C)O[C@@H]21. The van der Waals surface area contributed by atoms with Gasteiger partial charge in [-0.1, -0.05) is 36.4 Å². The third-order valence-corrected chi connectivity index (χ3v) is 6.80. The molecule has 35 heavy (non-hydrogen) atoms. The molecule has 0 saturated carbocycles. The third kappa shape index (κ3) is 4.72. The summed E-state index contributed by atoms with van der Waals surface area (Å²) in [6.45, 7) is 11.7. The van der Waals surface area contributed by atoms with Gasteiger partial charge in [0.2, 0.25) is 0 Å². The first kappa shape index (κ1) is 25.0. The lowest BCUT2D eigenvalue weighted by molar-refractivity contribution is -0.250. The molecule has 0 spiro atoms. The van der Waals surface area contributed by atoms with E-state index in [1.165, 1.54) is 0 Å². The van der Waals surface area contributed by atoms with E-state index >= 15 is 0 Å². The maximum atomic E-state index is 11.7. The minimum atomic E-state index is -0.919. The van der Waals surface area contributed by atoms with Gasteiger partial charge in [0.05, 0.1) is 13.2 Å². The molecule has 9 heteroatoms. The van der Waals surface area contributed by atoms with E-state index in [2.05, 4.69) is 6.58 Å². The van der Waals surface area contributed by atoms with Crippen molar-refractivity contribution < 1.29 is 42.7 Å². The molecule has 5 rings (SSSR count). The molecule has 4 aliphatic heterocycles. The lowest BCUT2D eigenvalue weighted by Gasteiger charge is -2.38. The summed E-state index contributed by atoms with van der Waals surface area (Å²) in [4.78, 5) is 11.7. The Hall–Kier alpha value is -1.69. The Morgan fingerprint density at radius 1 is 0.971 bits per heavy atom. The van der Waals surface area contributed by atoms with Crippen LogP contribution in [-0.2, 0) is 49.3 Å². The first-order valence-electron chi connectivity index (χ1n) is 12.0. The van der Waals surface area contributed by atoms with Gasteiger partial charge >= 0.3 is 0 Å². The van der Waals surface area contributed by atoms with Gasteiger partial charge in [-0.3, -0.25) is 0 Å². The number of rotatable bonds is 9. The van der Waals surface area contributed by atoms with Crippen LogP contribution in [0.1, 0.15) is 39.7 Å². The zero-order chi connectivity index (χ0) is 24.8. The average Bonchev–Trinajstić information content (AvgIpc) is 3.47. The summed E-state index contributed by atoms with van der Waals surface area (Å²) in [5.74, 6) is -1.65. The second-order valence-corrected chi connectivity index (χ2v) is 10.3. The Kier molecular flexibility index (Phi) is 6.65. The van der Waals surface area contributed by atoms with Gasteiger partial charge in [0.25, 0.3) is 0 Å². The van der Waals surface area contributed by atoms with Crippen LogP contribution in [0.3, 0.4) is 0 Å². The van der Waals surface area contributed by atoms with Gasteiger partial charge < -0.3 is 42.7 Å². The molecule has 0 unspecified atom stereocenters. The molecule has 4 fully saturated rings. The summed E-state index contributed by atoms with van der Waals surface area (Å²) in [5, 5.41) is 0. The number of carbonyl (C=O) groups is 1. The molecule has 0 aliphatic carbocycles. The van der Waals surface area contributed by atoms with E-state index in [-0.39, 0.29) is 6.61 Å². The number of benzene rings is 1. The van der Waals surface area contributed by atoms with Crippen molar-refractivity contribution in [1.29, 1.82) is 0 Å². The van der Waals surface area contributed by atoms with Gasteiger partial charge in [0.15, 0.2) is 30.4 Å². The van der Waals surface area contributed by atoms with E-state index in [0.29, 0.717) is 19.3 Å². The molecule has 0 aromatic heterocycles. The molecule has 0 N–H and O–H groups in total. The largest absolute Gasteiger partial charge is 0.369 e. The summed E-state index contributed by atoms with van der Waals surface area (Å²) < 4.78 is 48.9. The smallest absolute Gasteiger partial charge is 0.190 e. The number of carbonyl (C=O) groups excluding carboxylic acids is 1. The highest BCUT2D eigenvalue weighted by molar-refractivity contribution is 5.58. The fourth-order valence-corrected chi connectivity index (χ4v) is 5.30. The first-order valence-corrected chi connectivity index (χ1v) is 12.0. The first-order chi connectivity index (χ1) is 16.7. The Balaban J connectivity index is 1.37. The molecule has 4 aliphatic rings. The fraction of sp³-hybridized carbons (Fsp3) is 0.654. The predicted octanol–water partition coefficient (Wildman–Crippen LogP) is 2.86. The van der Waals surface area contributed by atoms with E-state index in [0.717, 1.165) is 5.56 Å². The highest BCUT2D eigenvalue weighted by Crippen LogP contribution is 2.48. The van der Waals surface area contributed by atoms with Crippen LogP contribution in [0.4, 0.5) is 0 Å². The summed E-state index contributed by atoms with van der Waals surface area (Å²) >= 11 is 0. The number of hydrogen-bond acceptors (Lipinski definition) is 9. The zero-order valence-corrected chi connectivity index (χ0v) is 20.6. The van der Waals surface area contributed by atoms with Crippen LogP contribution in [0.5, 0.6) is 0 Å². The third-order valence-electron chi connectivity index (χ3n) is 6.80. The summed E-state index contributed by atoms with van der Waals surface area (Å²) in [6.07, 6.45) is -1.41. The second-order valence-electron chi connectivity index (χ2n) is 10.3. The Bertz CT molecular complexity index is 919. The summed E-state index contributed by atoms with van der Waals surface area (Å²) in [5.41, 5.74) is 0.0988. The lowest BCUT2D eigenvalue weighted by atomic mass is 9.88. The van der Waals surface area contributed by atoms with E-state index in [9.17, 15) is 4.79 Å². The molecule has 1 aromatic rings. The summed E-state index contributed by atoms with van der Waals surface area (Å²) in [7, 11) is 0. The van der Waals surface area contributed by atoms with Gasteiger partial charge in [-0.2, -0.15) is 0 Å². The average molecular weight is 491 g/mol. The molecule has 0 radical (unpaired) electrons. The van der Waals surface area contributed by atoms with Crippen LogP contribution < -0.4 is 0 Å². The van der Waals surface area contributed by atoms with Crippen LogP contribution in [0, 0.1) is 0 Å². The van der Waals surface area contributed by atoms with Crippen LogP contribution in [0.2, 0.25) is 0 Å². The molecule has 4 saturated heterocycles. The van der Waals surface area contributed by atoms with E-state index in [1.54, 1.807) is 19.9 Å². The van der Waals surface area contributed by atoms with Crippen molar-refractivity contribution in [3.05, 3.63) is 48.6 Å². The molecule has 192 valence electrons. The normalized spacial score (nSPS) is 41.0. The molecular weight excluding hydrogens is 456 g/mol. The quantitative estimate of drug-likeness (QED) is 0.383. The number of fused-ring (bicyclic) bond motifs is 2. The van der Waals surface area contributed by atoms with Crippen molar-refractivity contribution >= 4 is 6.29 Å². The maximum Gasteiger partial charge on any atom is 0.190 e. The van der Waals surface area contributed by atoms with Crippen LogP contribution >= 0.6 is 0 Å². The molecule has 0 bridgehead atoms. The van der Waals surface area contributed by atoms with Crippen molar-refractivity contribution in [2.24, 2.45) is 0 Å². The molecule has 1 aromatic carbocycles. The molecule has 4 heterocycles. The highest BCUT2D eigenvalue weighted by Gasteiger charge is 2.64. The second kappa shape index (κ2) is 9.32. The molecule has 8 atom stereocenters. The van der Waals surface area contributed by atoms with Crippen molar-refractivity contribution in [1.82, 2.24) is 0 Å². The van der Waals surface area contributed by atoms with Gasteiger partial charge in [0.1, 0.15) is 36.1 Å². The van der Waals surface area contributed by atoms with Gasteiger partial charge in [0, 0.05) is 0 Å². The maximum absolute atomic E-state index is 11.7. The summed E-state index contributed by atoms with van der Waals surface area (Å²) in [6, 6.07) is 9.89. The van der Waals surface area contributed by atoms with Gasteiger partial charge in [-0.15, -0.1) is 6.58 Å². The Morgan fingerprint density at radius 3 is 2.40 bits per heavy atom. The topological polar surface area (TPSA) is 90.9 Å². The fourth-order valence-electron chi connectivity index (χ4n) is 5.30. The van der Waals surface area contributed by atoms with E-state index < -0.39 is 60.3 Å². The van der Waals surface area contributed by atoms with Crippen LogP contribution in [0.15, 0.2) is 43.0 Å². The Labute approximate surface area is 205 Å². The Morgan fingerprint density at radius 2 is 1.69 bits per heavy atom. The van der Waals surface area contributed by atoms with Gasteiger partial charge in [-0.05, 0) is 39.7 Å². The van der Waals surface area contributed by atoms with Crippen molar-refractivity contribution in [3.63, 3.8) is 0 Å². The monoisotopic (exact) mass is 490 g/mol. The minimum absolute atomic E-state index is 0.105. The molecular formula is C26H34O9. The number of aldehydes is 1. The van der Waals surface area contributed by atoms with Crippen LogP contribution in [0.25, 0.3) is 0 Å². The highest BCUT2D eigenvalue weighted by atomic mass is 16.9.